The van der Waals surface area contributed by atoms with E-state index in [1.807, 2.05) is 24.3 Å². The van der Waals surface area contributed by atoms with Gasteiger partial charge in [-0.25, -0.2) is 4.98 Å². The van der Waals surface area contributed by atoms with Crippen LogP contribution in [0.5, 0.6) is 0 Å². The number of amides is 2. The van der Waals surface area contributed by atoms with Crippen molar-refractivity contribution >= 4 is 38.5 Å². The molecule has 0 radical (unpaired) electrons. The number of rotatable bonds is 1. The number of imide groups is 1. The molecule has 1 atom stereocenters. The van der Waals surface area contributed by atoms with Crippen LogP contribution in [0.1, 0.15) is 24.3 Å². The van der Waals surface area contributed by atoms with Crippen LogP contribution in [-0.2, 0) is 9.59 Å². The minimum atomic E-state index is -0.255. The van der Waals surface area contributed by atoms with Gasteiger partial charge in [0, 0.05) is 18.0 Å². The number of fused-ring (bicyclic) bond motifs is 1. The Bertz CT molecular complexity index is 684. The van der Waals surface area contributed by atoms with Crippen molar-refractivity contribution in [1.29, 1.82) is 0 Å². The monoisotopic (exact) mass is 318 g/mol. The standard InChI is InChI=1S/C14H11BrN2O2/c15-13-11-7-9(2-1-8(11)5-6-16-13)10-3-4-12(18)17-14(10)19/h1-2,5-7,10H,3-4H2,(H,17,18,19). The molecule has 0 saturated carbocycles. The molecule has 1 aliphatic heterocycles. The Labute approximate surface area is 118 Å². The lowest BCUT2D eigenvalue weighted by atomic mass is 9.89. The molecule has 1 saturated heterocycles. The van der Waals surface area contributed by atoms with Gasteiger partial charge < -0.3 is 0 Å². The molecule has 1 aromatic carbocycles. The largest absolute Gasteiger partial charge is 0.296 e. The van der Waals surface area contributed by atoms with Crippen molar-refractivity contribution < 1.29 is 9.59 Å². The molecule has 0 spiro atoms. The second kappa shape index (κ2) is 4.74. The molecule has 3 rings (SSSR count). The smallest absolute Gasteiger partial charge is 0.234 e. The molecule has 1 unspecified atom stereocenters. The van der Waals surface area contributed by atoms with Crippen molar-refractivity contribution in [3.8, 4) is 0 Å². The minimum absolute atomic E-state index is 0.190. The van der Waals surface area contributed by atoms with Crippen LogP contribution in [-0.4, -0.2) is 16.8 Å². The van der Waals surface area contributed by atoms with Gasteiger partial charge in [0.1, 0.15) is 4.60 Å². The lowest BCUT2D eigenvalue weighted by Crippen LogP contribution is -2.39. The SMILES string of the molecule is O=C1CCC(c2ccc3ccnc(Br)c3c2)C(=O)N1. The lowest BCUT2D eigenvalue weighted by molar-refractivity contribution is -0.134. The van der Waals surface area contributed by atoms with E-state index in [9.17, 15) is 9.59 Å². The fourth-order valence-corrected chi connectivity index (χ4v) is 2.84. The number of nitrogens with zero attached hydrogens (tertiary/aromatic N) is 1. The number of benzene rings is 1. The first kappa shape index (κ1) is 12.3. The normalized spacial score (nSPS) is 19.5. The van der Waals surface area contributed by atoms with Crippen LogP contribution in [0, 0.1) is 0 Å². The zero-order valence-corrected chi connectivity index (χ0v) is 11.6. The van der Waals surface area contributed by atoms with Crippen molar-refractivity contribution in [2.75, 3.05) is 0 Å². The van der Waals surface area contributed by atoms with Crippen LogP contribution in [0.15, 0.2) is 35.1 Å². The maximum absolute atomic E-state index is 11.9. The van der Waals surface area contributed by atoms with Crippen LogP contribution in [0.2, 0.25) is 0 Å². The van der Waals surface area contributed by atoms with Gasteiger partial charge in [-0.05, 0) is 45.4 Å². The number of hydrogen-bond donors (Lipinski definition) is 1. The number of carbonyl (C=O) groups is 2. The fourth-order valence-electron chi connectivity index (χ4n) is 2.38. The summed E-state index contributed by atoms with van der Waals surface area (Å²) in [4.78, 5) is 27.2. The highest BCUT2D eigenvalue weighted by atomic mass is 79.9. The van der Waals surface area contributed by atoms with Gasteiger partial charge in [-0.1, -0.05) is 12.1 Å². The summed E-state index contributed by atoms with van der Waals surface area (Å²) in [5.74, 6) is -0.658. The average molecular weight is 319 g/mol. The molecule has 0 bridgehead atoms. The van der Waals surface area contributed by atoms with E-state index >= 15 is 0 Å². The molecule has 1 aliphatic rings. The number of carbonyl (C=O) groups excluding carboxylic acids is 2. The molecule has 96 valence electrons. The second-order valence-corrected chi connectivity index (χ2v) is 5.34. The molecule has 4 nitrogen and oxygen atoms in total. The Kier molecular flexibility index (Phi) is 3.06. The highest BCUT2D eigenvalue weighted by molar-refractivity contribution is 9.10. The van der Waals surface area contributed by atoms with E-state index in [1.165, 1.54) is 0 Å². The summed E-state index contributed by atoms with van der Waals surface area (Å²) in [6, 6.07) is 7.80. The van der Waals surface area contributed by atoms with Crippen LogP contribution < -0.4 is 5.32 Å². The van der Waals surface area contributed by atoms with Gasteiger partial charge >= 0.3 is 0 Å². The Hall–Kier alpha value is -1.75. The van der Waals surface area contributed by atoms with Crippen LogP contribution in [0.3, 0.4) is 0 Å². The summed E-state index contributed by atoms with van der Waals surface area (Å²) in [7, 11) is 0. The Morgan fingerprint density at radius 2 is 2.11 bits per heavy atom. The van der Waals surface area contributed by atoms with E-state index in [2.05, 4.69) is 26.2 Å². The van der Waals surface area contributed by atoms with E-state index in [0.29, 0.717) is 12.8 Å². The molecule has 2 aromatic rings. The number of halogens is 1. The van der Waals surface area contributed by atoms with Crippen molar-refractivity contribution in [2.45, 2.75) is 18.8 Å². The second-order valence-electron chi connectivity index (χ2n) is 4.59. The number of aromatic nitrogens is 1. The first-order valence-electron chi connectivity index (χ1n) is 6.03. The third kappa shape index (κ3) is 2.26. The van der Waals surface area contributed by atoms with Crippen molar-refractivity contribution in [3.63, 3.8) is 0 Å². The van der Waals surface area contributed by atoms with Gasteiger partial charge in [0.25, 0.3) is 0 Å². The van der Waals surface area contributed by atoms with Gasteiger partial charge in [0.2, 0.25) is 11.8 Å². The lowest BCUT2D eigenvalue weighted by Gasteiger charge is -2.21. The summed E-state index contributed by atoms with van der Waals surface area (Å²) < 4.78 is 0.763. The highest BCUT2D eigenvalue weighted by Crippen LogP contribution is 2.29. The zero-order valence-electron chi connectivity index (χ0n) is 10.0. The molecule has 2 heterocycles. The first-order chi connectivity index (χ1) is 9.15. The van der Waals surface area contributed by atoms with Gasteiger partial charge in [0.05, 0.1) is 5.92 Å². The van der Waals surface area contributed by atoms with Crippen LogP contribution >= 0.6 is 15.9 Å². The number of nitrogens with one attached hydrogen (secondary N) is 1. The number of hydrogen-bond acceptors (Lipinski definition) is 3. The molecule has 1 N–H and O–H groups in total. The average Bonchev–Trinajstić information content (AvgIpc) is 2.39. The van der Waals surface area contributed by atoms with Crippen LogP contribution in [0.4, 0.5) is 0 Å². The predicted molar refractivity (Wildman–Crippen MR) is 74.6 cm³/mol. The zero-order chi connectivity index (χ0) is 13.4. The van der Waals surface area contributed by atoms with Gasteiger partial charge in [0.15, 0.2) is 0 Å². The van der Waals surface area contributed by atoms with E-state index < -0.39 is 0 Å². The van der Waals surface area contributed by atoms with E-state index in [0.717, 1.165) is 20.9 Å². The molecular formula is C14H11BrN2O2. The van der Waals surface area contributed by atoms with Crippen molar-refractivity contribution in [2.24, 2.45) is 0 Å². The van der Waals surface area contributed by atoms with Gasteiger partial charge in [-0.2, -0.15) is 0 Å². The Morgan fingerprint density at radius 3 is 2.89 bits per heavy atom. The quantitative estimate of drug-likeness (QED) is 0.649. The third-order valence-corrected chi connectivity index (χ3v) is 4.02. The van der Waals surface area contributed by atoms with E-state index in [1.54, 1.807) is 6.20 Å². The Balaban J connectivity index is 2.04. The molecule has 19 heavy (non-hydrogen) atoms. The maximum atomic E-state index is 11.9. The fraction of sp³-hybridized carbons (Fsp3) is 0.214. The predicted octanol–water partition coefficient (Wildman–Crippen LogP) is 2.52. The number of piperidine rings is 1. The van der Waals surface area contributed by atoms with Gasteiger partial charge in [-0.3, -0.25) is 14.9 Å². The third-order valence-electron chi connectivity index (χ3n) is 3.38. The summed E-state index contributed by atoms with van der Waals surface area (Å²) in [5, 5.41) is 4.43. The minimum Gasteiger partial charge on any atom is -0.296 e. The molecule has 1 aromatic heterocycles. The summed E-state index contributed by atoms with van der Waals surface area (Å²) >= 11 is 3.41. The van der Waals surface area contributed by atoms with Crippen LogP contribution in [0.25, 0.3) is 10.8 Å². The Morgan fingerprint density at radius 1 is 1.26 bits per heavy atom. The summed E-state index contributed by atoms with van der Waals surface area (Å²) in [5.41, 5.74) is 0.922. The first-order valence-corrected chi connectivity index (χ1v) is 6.82. The molecule has 5 heteroatoms. The molecule has 1 fully saturated rings. The molecular weight excluding hydrogens is 308 g/mol. The van der Waals surface area contributed by atoms with Crippen molar-refractivity contribution in [3.05, 3.63) is 40.6 Å². The van der Waals surface area contributed by atoms with E-state index in [-0.39, 0.29) is 17.7 Å². The maximum Gasteiger partial charge on any atom is 0.234 e. The summed E-state index contributed by atoms with van der Waals surface area (Å²) in [6.45, 7) is 0. The van der Waals surface area contributed by atoms with Crippen molar-refractivity contribution in [1.82, 2.24) is 10.3 Å². The summed E-state index contributed by atoms with van der Waals surface area (Å²) in [6.07, 6.45) is 2.69. The van der Waals surface area contributed by atoms with Gasteiger partial charge in [-0.15, -0.1) is 0 Å². The topological polar surface area (TPSA) is 59.1 Å². The molecule has 2 amide bonds. The highest BCUT2D eigenvalue weighted by Gasteiger charge is 2.27. The number of pyridine rings is 1. The van der Waals surface area contributed by atoms with E-state index in [4.69, 9.17) is 0 Å². The molecule has 0 aliphatic carbocycles.